The number of ether oxygens (including phenoxy) is 3. The molecule has 2 aromatic carbocycles. The number of halogens is 4. The summed E-state index contributed by atoms with van der Waals surface area (Å²) in [7, 11) is 1.27. The molecule has 0 aliphatic carbocycles. The molecule has 3 aliphatic rings. The lowest BCUT2D eigenvalue weighted by Crippen LogP contribution is -2.44. The average Bonchev–Trinajstić information content (AvgIpc) is 3.69. The molecule has 0 saturated carbocycles. The summed E-state index contributed by atoms with van der Waals surface area (Å²) in [5.41, 5.74) is -0.355. The number of rotatable bonds is 8. The highest BCUT2D eigenvalue weighted by molar-refractivity contribution is 6.04. The molecule has 0 radical (unpaired) electrons. The molecular weight excluding hydrogens is 560 g/mol. The number of methoxy groups -OCH3 is 1. The van der Waals surface area contributed by atoms with Gasteiger partial charge in [0.2, 0.25) is 0 Å². The van der Waals surface area contributed by atoms with E-state index in [0.29, 0.717) is 19.0 Å². The Kier molecular flexibility index (Phi) is 7.35. The highest BCUT2D eigenvalue weighted by atomic mass is 19.3. The first-order valence-electron chi connectivity index (χ1n) is 13.3. The molecule has 0 spiro atoms. The van der Waals surface area contributed by atoms with E-state index < -0.39 is 42.0 Å². The number of benzene rings is 2. The zero-order valence-electron chi connectivity index (χ0n) is 22.3. The molecule has 4 heterocycles. The fourth-order valence-corrected chi connectivity index (χ4v) is 5.81. The van der Waals surface area contributed by atoms with Crippen molar-refractivity contribution in [2.45, 2.75) is 37.1 Å². The van der Waals surface area contributed by atoms with E-state index in [4.69, 9.17) is 14.5 Å². The van der Waals surface area contributed by atoms with Crippen LogP contribution in [0.1, 0.15) is 28.3 Å². The van der Waals surface area contributed by atoms with Crippen LogP contribution in [0.15, 0.2) is 54.6 Å². The normalized spacial score (nSPS) is 23.1. The maximum atomic E-state index is 15.3. The highest BCUT2D eigenvalue weighted by Crippen LogP contribution is 2.38. The molecule has 3 fully saturated rings. The van der Waals surface area contributed by atoms with E-state index in [-0.39, 0.29) is 47.1 Å². The van der Waals surface area contributed by atoms with Crippen LogP contribution in [0.4, 0.5) is 29.2 Å². The number of hydrogen-bond acceptors (Lipinski definition) is 7. The first-order chi connectivity index (χ1) is 20.2. The summed E-state index contributed by atoms with van der Waals surface area (Å²) in [4.78, 5) is 35.1. The molecule has 42 heavy (non-hydrogen) atoms. The topological polar surface area (TPSA) is 93.2 Å². The second kappa shape index (κ2) is 11.1. The summed E-state index contributed by atoms with van der Waals surface area (Å²) in [5.74, 6) is -3.64. The molecule has 13 heteroatoms. The summed E-state index contributed by atoms with van der Waals surface area (Å²) in [6.45, 7) is -1.96. The molecule has 3 aromatic rings. The van der Waals surface area contributed by atoms with Crippen LogP contribution < -0.4 is 24.6 Å². The summed E-state index contributed by atoms with van der Waals surface area (Å²) in [6, 6.07) is 10.9. The Hall–Kier alpha value is -4.39. The number of anilines is 2. The molecule has 3 aliphatic heterocycles. The Balaban J connectivity index is 1.31. The zero-order chi connectivity index (χ0) is 29.5. The van der Waals surface area contributed by atoms with Gasteiger partial charge < -0.3 is 24.4 Å². The number of nitrogens with one attached hydrogen (secondary N) is 1. The van der Waals surface area contributed by atoms with Crippen LogP contribution in [0.3, 0.4) is 0 Å². The molecule has 4 atom stereocenters. The Morgan fingerprint density at radius 1 is 1.05 bits per heavy atom. The summed E-state index contributed by atoms with van der Waals surface area (Å²) in [5, 5.41) is 2.59. The van der Waals surface area contributed by atoms with Gasteiger partial charge in [-0.15, -0.1) is 0 Å². The van der Waals surface area contributed by atoms with E-state index in [1.165, 1.54) is 36.3 Å². The predicted octanol–water partition coefficient (Wildman–Crippen LogP) is 3.88. The van der Waals surface area contributed by atoms with E-state index in [1.54, 1.807) is 12.1 Å². The summed E-state index contributed by atoms with van der Waals surface area (Å²) in [6.07, 6.45) is 1.01. The van der Waals surface area contributed by atoms with Crippen molar-refractivity contribution in [2.24, 2.45) is 0 Å². The monoisotopic (exact) mass is 586 g/mol. The minimum Gasteiger partial charge on any atom is -0.497 e. The quantitative estimate of drug-likeness (QED) is 0.401. The van der Waals surface area contributed by atoms with E-state index in [9.17, 15) is 18.4 Å². The Bertz CT molecular complexity index is 1480. The first-order valence-corrected chi connectivity index (χ1v) is 13.3. The van der Waals surface area contributed by atoms with Crippen molar-refractivity contribution in [3.05, 3.63) is 77.4 Å². The molecule has 3 saturated heterocycles. The smallest absolute Gasteiger partial charge is 0.387 e. The minimum absolute atomic E-state index is 0.0312. The van der Waals surface area contributed by atoms with E-state index >= 15 is 8.78 Å². The van der Waals surface area contributed by atoms with Gasteiger partial charge in [-0.2, -0.15) is 8.78 Å². The molecule has 2 amide bonds. The molecule has 220 valence electrons. The minimum atomic E-state index is -3.04. The number of hydrogen-bond donors (Lipinski definition) is 1. The molecule has 1 N–H and O–H groups in total. The van der Waals surface area contributed by atoms with Gasteiger partial charge in [0, 0.05) is 42.3 Å². The van der Waals surface area contributed by atoms with Gasteiger partial charge in [0.15, 0.2) is 0 Å². The van der Waals surface area contributed by atoms with Gasteiger partial charge in [-0.05, 0) is 42.8 Å². The maximum absolute atomic E-state index is 15.3. The Morgan fingerprint density at radius 2 is 1.76 bits per heavy atom. The first kappa shape index (κ1) is 27.8. The third-order valence-electron chi connectivity index (χ3n) is 7.79. The van der Waals surface area contributed by atoms with Crippen molar-refractivity contribution in [1.29, 1.82) is 0 Å². The standard InChI is InChI=1S/C29H26F4N4O5/c1-40-18-10-21(30)25(22(31)11-18)20-13-37(24-4-2-3-23(34-24)36-12-19-9-16(36)14-41-19)28(39)26(20)35-27(38)15-5-7-17(8-6-15)42-29(32)33/h2-8,10-11,16,19-20,26,29H,9,12-14H2,1H3,(H,35,38)/t16-,19-,20+,26?/m1/s1. The molecule has 2 bridgehead atoms. The molecule has 1 unspecified atom stereocenters. The number of morpholine rings is 1. The third-order valence-corrected chi connectivity index (χ3v) is 7.79. The number of pyridine rings is 1. The third kappa shape index (κ3) is 5.20. The lowest BCUT2D eigenvalue weighted by Gasteiger charge is -2.28. The predicted molar refractivity (Wildman–Crippen MR) is 142 cm³/mol. The second-order valence-corrected chi connectivity index (χ2v) is 10.3. The van der Waals surface area contributed by atoms with E-state index in [0.717, 1.165) is 18.6 Å². The average molecular weight is 587 g/mol. The molecule has 1 aromatic heterocycles. The highest BCUT2D eigenvalue weighted by Gasteiger charge is 2.46. The van der Waals surface area contributed by atoms with Crippen LogP contribution in [-0.2, 0) is 9.53 Å². The fourth-order valence-electron chi connectivity index (χ4n) is 5.81. The lowest BCUT2D eigenvalue weighted by molar-refractivity contribution is -0.118. The fraction of sp³-hybridized carbons (Fsp3) is 0.345. The molecule has 9 nitrogen and oxygen atoms in total. The summed E-state index contributed by atoms with van der Waals surface area (Å²) >= 11 is 0. The zero-order valence-corrected chi connectivity index (χ0v) is 22.3. The van der Waals surface area contributed by atoms with Crippen LogP contribution in [0.2, 0.25) is 0 Å². The van der Waals surface area contributed by atoms with E-state index in [2.05, 4.69) is 15.0 Å². The number of nitrogens with zero attached hydrogens (tertiary/aromatic N) is 3. The number of amides is 2. The van der Waals surface area contributed by atoms with Crippen LogP contribution in [0.5, 0.6) is 11.5 Å². The van der Waals surface area contributed by atoms with Crippen LogP contribution >= 0.6 is 0 Å². The number of alkyl halides is 2. The second-order valence-electron chi connectivity index (χ2n) is 10.3. The van der Waals surface area contributed by atoms with Crippen LogP contribution in [-0.4, -0.2) is 68.4 Å². The number of aromatic nitrogens is 1. The van der Waals surface area contributed by atoms with Gasteiger partial charge in [-0.3, -0.25) is 14.5 Å². The van der Waals surface area contributed by atoms with Gasteiger partial charge in [0.25, 0.3) is 11.8 Å². The number of carbonyl (C=O) groups is 2. The van der Waals surface area contributed by atoms with E-state index in [1.807, 2.05) is 6.07 Å². The van der Waals surface area contributed by atoms with Gasteiger partial charge in [-0.1, -0.05) is 6.07 Å². The lowest BCUT2D eigenvalue weighted by atomic mass is 9.92. The van der Waals surface area contributed by atoms with Crippen molar-refractivity contribution in [1.82, 2.24) is 10.3 Å². The van der Waals surface area contributed by atoms with Crippen molar-refractivity contribution >= 4 is 23.5 Å². The molecule has 6 rings (SSSR count). The van der Waals surface area contributed by atoms with Crippen LogP contribution in [0.25, 0.3) is 0 Å². The number of fused-ring (bicyclic) bond motifs is 2. The van der Waals surface area contributed by atoms with Crippen LogP contribution in [0, 0.1) is 11.6 Å². The van der Waals surface area contributed by atoms with Crippen molar-refractivity contribution in [3.8, 4) is 11.5 Å². The van der Waals surface area contributed by atoms with Gasteiger partial charge in [-0.25, -0.2) is 13.8 Å². The van der Waals surface area contributed by atoms with Gasteiger partial charge >= 0.3 is 6.61 Å². The molecular formula is C29H26F4N4O5. The van der Waals surface area contributed by atoms with Crippen molar-refractivity contribution in [2.75, 3.05) is 36.6 Å². The van der Waals surface area contributed by atoms with Gasteiger partial charge in [0.05, 0.1) is 25.9 Å². The summed E-state index contributed by atoms with van der Waals surface area (Å²) < 4.78 is 70.5. The maximum Gasteiger partial charge on any atom is 0.387 e. The largest absolute Gasteiger partial charge is 0.497 e. The SMILES string of the molecule is COc1cc(F)c([C@@H]2CN(c3cccc(N4C[C@H]5C[C@@H]4CO5)n3)C(=O)C2NC(=O)c2ccc(OC(F)F)cc2)c(F)c1. The van der Waals surface area contributed by atoms with Crippen molar-refractivity contribution < 1.29 is 41.4 Å². The number of carbonyl (C=O) groups excluding carboxylic acids is 2. The van der Waals surface area contributed by atoms with Gasteiger partial charge in [0.1, 0.15) is 40.8 Å². The Morgan fingerprint density at radius 3 is 2.38 bits per heavy atom. The Labute approximate surface area is 238 Å². The van der Waals surface area contributed by atoms with Crippen molar-refractivity contribution in [3.63, 3.8) is 0 Å².